The molecule has 20 heavy (non-hydrogen) atoms. The zero-order valence-electron chi connectivity index (χ0n) is 12.4. The van der Waals surface area contributed by atoms with Gasteiger partial charge in [-0.1, -0.05) is 45.2 Å². The zero-order valence-corrected chi connectivity index (χ0v) is 13.2. The second-order valence-electron chi connectivity index (χ2n) is 6.01. The van der Waals surface area contributed by atoms with Gasteiger partial charge < -0.3 is 0 Å². The number of hydrogen-bond acceptors (Lipinski definition) is 2. The molecule has 1 N–H and O–H groups in total. The molecule has 1 aromatic rings. The van der Waals surface area contributed by atoms with Crippen LogP contribution in [0.4, 0.5) is 0 Å². The molecule has 0 radical (unpaired) electrons. The lowest BCUT2D eigenvalue weighted by molar-refractivity contribution is 0.176. The number of aromatic amines is 1. The van der Waals surface area contributed by atoms with Crippen LogP contribution in [0.25, 0.3) is 0 Å². The molecule has 4 nitrogen and oxygen atoms in total. The van der Waals surface area contributed by atoms with Gasteiger partial charge in [0.1, 0.15) is 5.15 Å². The Morgan fingerprint density at radius 3 is 2.55 bits per heavy atom. The van der Waals surface area contributed by atoms with E-state index in [1.807, 2.05) is 6.92 Å². The summed E-state index contributed by atoms with van der Waals surface area (Å²) in [4.78, 5) is 27.4. The molecule has 1 saturated carbocycles. The lowest BCUT2D eigenvalue weighted by Gasteiger charge is -2.35. The van der Waals surface area contributed by atoms with Crippen molar-refractivity contribution in [2.24, 2.45) is 11.8 Å². The van der Waals surface area contributed by atoms with Crippen LogP contribution in [0.5, 0.6) is 0 Å². The molecule has 1 fully saturated rings. The van der Waals surface area contributed by atoms with Crippen molar-refractivity contribution in [1.29, 1.82) is 0 Å². The molecule has 5 heteroatoms. The third-order valence-corrected chi connectivity index (χ3v) is 4.82. The van der Waals surface area contributed by atoms with E-state index in [1.54, 1.807) is 0 Å². The van der Waals surface area contributed by atoms with E-state index in [1.165, 1.54) is 11.0 Å². The van der Waals surface area contributed by atoms with Crippen LogP contribution in [0, 0.1) is 11.8 Å². The summed E-state index contributed by atoms with van der Waals surface area (Å²) in [6.07, 6.45) is 4.77. The van der Waals surface area contributed by atoms with Crippen molar-refractivity contribution >= 4 is 11.6 Å². The molecule has 1 aromatic heterocycles. The molecule has 1 aliphatic carbocycles. The number of nitrogens with zero attached hydrogens (tertiary/aromatic N) is 1. The molecule has 1 aliphatic rings. The van der Waals surface area contributed by atoms with Crippen molar-refractivity contribution in [1.82, 2.24) is 9.55 Å². The number of aromatic nitrogens is 2. The SMILES string of the molecule is CCc1c(Cl)[nH]c(=O)n(C2CCCCC2C(C)C)c1=O. The third kappa shape index (κ3) is 2.71. The first kappa shape index (κ1) is 15.4. The van der Waals surface area contributed by atoms with Crippen molar-refractivity contribution < 1.29 is 0 Å². The molecule has 0 aliphatic heterocycles. The highest BCUT2D eigenvalue weighted by molar-refractivity contribution is 6.30. The maximum absolute atomic E-state index is 12.6. The maximum atomic E-state index is 12.6. The van der Waals surface area contributed by atoms with Crippen LogP contribution < -0.4 is 11.2 Å². The molecular formula is C15H23ClN2O2. The number of H-pyrrole nitrogens is 1. The predicted molar refractivity (Wildman–Crippen MR) is 81.5 cm³/mol. The molecule has 0 bridgehead atoms. The van der Waals surface area contributed by atoms with E-state index in [0.717, 1.165) is 19.3 Å². The highest BCUT2D eigenvalue weighted by atomic mass is 35.5. The minimum absolute atomic E-state index is 0.00238. The normalized spacial score (nSPS) is 23.2. The largest absolute Gasteiger partial charge is 0.329 e. The van der Waals surface area contributed by atoms with Crippen LogP contribution >= 0.6 is 11.6 Å². The van der Waals surface area contributed by atoms with Gasteiger partial charge in [-0.2, -0.15) is 0 Å². The first-order chi connectivity index (χ1) is 9.47. The highest BCUT2D eigenvalue weighted by Gasteiger charge is 2.31. The van der Waals surface area contributed by atoms with E-state index in [4.69, 9.17) is 11.6 Å². The standard InChI is InChI=1S/C15H23ClN2O2/c1-4-10-13(16)17-15(20)18(14(10)19)12-8-6-5-7-11(12)9(2)3/h9,11-12H,4-8H2,1-3H3,(H,17,20). The van der Waals surface area contributed by atoms with Gasteiger partial charge in [-0.15, -0.1) is 0 Å². The smallest absolute Gasteiger partial charge is 0.297 e. The van der Waals surface area contributed by atoms with Crippen LogP contribution in [0.3, 0.4) is 0 Å². The molecule has 112 valence electrons. The summed E-state index contributed by atoms with van der Waals surface area (Å²) in [5, 5.41) is 0.190. The molecule has 2 atom stereocenters. The van der Waals surface area contributed by atoms with Crippen LogP contribution in [0.2, 0.25) is 5.15 Å². The minimum Gasteiger partial charge on any atom is -0.297 e. The predicted octanol–water partition coefficient (Wildman–Crippen LogP) is 3.14. The second-order valence-corrected chi connectivity index (χ2v) is 6.39. The molecule has 1 heterocycles. The Bertz CT molecular complexity index is 589. The fourth-order valence-corrected chi connectivity index (χ4v) is 3.70. The van der Waals surface area contributed by atoms with E-state index >= 15 is 0 Å². The quantitative estimate of drug-likeness (QED) is 0.872. The lowest BCUT2D eigenvalue weighted by atomic mass is 9.77. The minimum atomic E-state index is -0.366. The Hall–Kier alpha value is -1.03. The molecular weight excluding hydrogens is 276 g/mol. The van der Waals surface area contributed by atoms with E-state index in [9.17, 15) is 9.59 Å². The third-order valence-electron chi connectivity index (χ3n) is 4.50. The van der Waals surface area contributed by atoms with Gasteiger partial charge in [0.25, 0.3) is 5.56 Å². The van der Waals surface area contributed by atoms with Gasteiger partial charge in [0.15, 0.2) is 0 Å². The Morgan fingerprint density at radius 1 is 1.30 bits per heavy atom. The fourth-order valence-electron chi connectivity index (χ4n) is 3.41. The molecule has 0 spiro atoms. The van der Waals surface area contributed by atoms with Crippen molar-refractivity contribution in [3.63, 3.8) is 0 Å². The summed E-state index contributed by atoms with van der Waals surface area (Å²) in [6.45, 7) is 6.21. The lowest BCUT2D eigenvalue weighted by Crippen LogP contribution is -2.44. The highest BCUT2D eigenvalue weighted by Crippen LogP contribution is 2.37. The van der Waals surface area contributed by atoms with Crippen LogP contribution in [-0.2, 0) is 6.42 Å². The van der Waals surface area contributed by atoms with Crippen molar-refractivity contribution in [2.45, 2.75) is 58.9 Å². The van der Waals surface area contributed by atoms with E-state index < -0.39 is 0 Å². The number of rotatable bonds is 3. The van der Waals surface area contributed by atoms with Gasteiger partial charge in [0, 0.05) is 6.04 Å². The van der Waals surface area contributed by atoms with Gasteiger partial charge in [-0.05, 0) is 31.1 Å². The first-order valence-electron chi connectivity index (χ1n) is 7.50. The van der Waals surface area contributed by atoms with Gasteiger partial charge in [-0.3, -0.25) is 14.3 Å². The average Bonchev–Trinajstić information content (AvgIpc) is 2.39. The second kappa shape index (κ2) is 6.17. The van der Waals surface area contributed by atoms with Gasteiger partial charge >= 0.3 is 5.69 Å². The summed E-state index contributed by atoms with van der Waals surface area (Å²) in [6, 6.07) is 0.00238. The summed E-state index contributed by atoms with van der Waals surface area (Å²) >= 11 is 5.98. The van der Waals surface area contributed by atoms with Gasteiger partial charge in [0.2, 0.25) is 0 Å². The van der Waals surface area contributed by atoms with E-state index in [2.05, 4.69) is 18.8 Å². The van der Waals surface area contributed by atoms with Gasteiger partial charge in [0.05, 0.1) is 5.56 Å². The van der Waals surface area contributed by atoms with Crippen LogP contribution in [0.15, 0.2) is 9.59 Å². The number of halogens is 1. The topological polar surface area (TPSA) is 54.9 Å². The fraction of sp³-hybridized carbons (Fsp3) is 0.733. The average molecular weight is 299 g/mol. The Kier molecular flexibility index (Phi) is 4.74. The molecule has 0 aromatic carbocycles. The van der Waals surface area contributed by atoms with E-state index in [0.29, 0.717) is 23.8 Å². The summed E-state index contributed by atoms with van der Waals surface area (Å²) in [5.74, 6) is 0.848. The van der Waals surface area contributed by atoms with Crippen LogP contribution in [-0.4, -0.2) is 9.55 Å². The van der Waals surface area contributed by atoms with Crippen molar-refractivity contribution in [3.05, 3.63) is 31.6 Å². The molecule has 2 rings (SSSR count). The summed E-state index contributed by atoms with van der Waals surface area (Å²) in [5.41, 5.74) is -0.0621. The van der Waals surface area contributed by atoms with Crippen LogP contribution in [0.1, 0.15) is 58.1 Å². The summed E-state index contributed by atoms with van der Waals surface area (Å²) < 4.78 is 1.43. The van der Waals surface area contributed by atoms with Gasteiger partial charge in [-0.25, -0.2) is 4.79 Å². The zero-order chi connectivity index (χ0) is 14.9. The molecule has 0 amide bonds. The number of nitrogens with one attached hydrogen (secondary N) is 1. The van der Waals surface area contributed by atoms with E-state index in [-0.39, 0.29) is 22.4 Å². The van der Waals surface area contributed by atoms with Crippen molar-refractivity contribution in [2.75, 3.05) is 0 Å². The first-order valence-corrected chi connectivity index (χ1v) is 7.88. The summed E-state index contributed by atoms with van der Waals surface area (Å²) in [7, 11) is 0. The number of hydrogen-bond donors (Lipinski definition) is 1. The maximum Gasteiger partial charge on any atom is 0.329 e. The Morgan fingerprint density at radius 2 is 1.95 bits per heavy atom. The van der Waals surface area contributed by atoms with Crippen molar-refractivity contribution in [3.8, 4) is 0 Å². The monoisotopic (exact) mass is 298 g/mol. The Labute approximate surface area is 124 Å². The molecule has 2 unspecified atom stereocenters. The molecule has 0 saturated heterocycles. The Balaban J connectivity index is 2.56.